The molecule has 27 heavy (non-hydrogen) atoms. The summed E-state index contributed by atoms with van der Waals surface area (Å²) in [5, 5.41) is 0. The molecule has 0 unspecified atom stereocenters. The number of likely N-dealkylation sites (N-methyl/N-ethyl adjacent to an activating group) is 1. The smallest absolute Gasteiger partial charge is 0.259 e. The van der Waals surface area contributed by atoms with Gasteiger partial charge in [-0.15, -0.1) is 0 Å². The van der Waals surface area contributed by atoms with Crippen LogP contribution in [0.1, 0.15) is 5.56 Å². The summed E-state index contributed by atoms with van der Waals surface area (Å²) in [6, 6.07) is 11.1. The lowest BCUT2D eigenvalue weighted by atomic mass is 10.2. The van der Waals surface area contributed by atoms with Gasteiger partial charge in [0.1, 0.15) is 5.75 Å². The molecule has 1 N–H and O–H groups in total. The van der Waals surface area contributed by atoms with E-state index in [1.54, 1.807) is 32.3 Å². The molecule has 0 spiro atoms. The molecular weight excluding hydrogens is 372 g/mol. The zero-order valence-corrected chi connectivity index (χ0v) is 15.8. The summed E-state index contributed by atoms with van der Waals surface area (Å²) < 4.78 is 43.3. The van der Waals surface area contributed by atoms with E-state index < -0.39 is 10.0 Å². The van der Waals surface area contributed by atoms with Crippen LogP contribution in [-0.4, -0.2) is 46.7 Å². The van der Waals surface area contributed by atoms with Crippen molar-refractivity contribution < 1.29 is 27.4 Å². The van der Waals surface area contributed by atoms with Crippen LogP contribution < -0.4 is 18.9 Å². The molecule has 3 rings (SSSR count). The van der Waals surface area contributed by atoms with Crippen molar-refractivity contribution in [3.63, 3.8) is 0 Å². The van der Waals surface area contributed by atoms with E-state index >= 15 is 0 Å². The van der Waals surface area contributed by atoms with Crippen LogP contribution >= 0.6 is 0 Å². The molecule has 0 saturated heterocycles. The molecule has 8 nitrogen and oxygen atoms in total. The molecule has 0 radical (unpaired) electrons. The summed E-state index contributed by atoms with van der Waals surface area (Å²) in [6.07, 6.45) is 0. The molecule has 1 heterocycles. The average molecular weight is 392 g/mol. The van der Waals surface area contributed by atoms with E-state index in [1.807, 2.05) is 0 Å². The first-order valence-electron chi connectivity index (χ1n) is 8.16. The average Bonchev–Trinajstić information content (AvgIpc) is 3.12. The van der Waals surface area contributed by atoms with Crippen molar-refractivity contribution in [3.8, 4) is 17.2 Å². The molecule has 0 fully saturated rings. The molecule has 1 aliphatic rings. The first-order chi connectivity index (χ1) is 12.8. The minimum Gasteiger partial charge on any atom is -0.484 e. The number of sulfonamides is 1. The third-order valence-corrected chi connectivity index (χ3v) is 5.32. The van der Waals surface area contributed by atoms with Gasteiger partial charge in [-0.05, 0) is 42.0 Å². The number of rotatable bonds is 7. The van der Waals surface area contributed by atoms with E-state index in [2.05, 4.69) is 4.72 Å². The van der Waals surface area contributed by atoms with Crippen molar-refractivity contribution >= 4 is 15.9 Å². The third-order valence-electron chi connectivity index (χ3n) is 3.90. The topological polar surface area (TPSA) is 94.2 Å². The minimum atomic E-state index is -3.69. The lowest BCUT2D eigenvalue weighted by molar-refractivity contribution is -0.130. The van der Waals surface area contributed by atoms with E-state index in [0.29, 0.717) is 17.2 Å². The minimum absolute atomic E-state index is 0.106. The molecule has 9 heteroatoms. The third kappa shape index (κ3) is 4.69. The summed E-state index contributed by atoms with van der Waals surface area (Å²) in [5.41, 5.74) is 0.755. The van der Waals surface area contributed by atoms with E-state index in [-0.39, 0.29) is 30.7 Å². The lowest BCUT2D eigenvalue weighted by Crippen LogP contribution is -2.27. The quantitative estimate of drug-likeness (QED) is 0.765. The first-order valence-corrected chi connectivity index (χ1v) is 9.65. The van der Waals surface area contributed by atoms with Crippen molar-refractivity contribution in [1.82, 2.24) is 9.62 Å². The second-order valence-corrected chi connectivity index (χ2v) is 7.83. The van der Waals surface area contributed by atoms with Crippen molar-refractivity contribution in [2.45, 2.75) is 11.4 Å². The highest BCUT2D eigenvalue weighted by atomic mass is 32.2. The number of nitrogens with one attached hydrogen (secondary N) is 1. The van der Waals surface area contributed by atoms with E-state index in [4.69, 9.17) is 14.2 Å². The molecule has 0 bridgehead atoms. The Morgan fingerprint density at radius 1 is 1.11 bits per heavy atom. The maximum atomic E-state index is 12.4. The van der Waals surface area contributed by atoms with Crippen LogP contribution in [0.25, 0.3) is 0 Å². The number of benzene rings is 2. The van der Waals surface area contributed by atoms with Gasteiger partial charge in [0.05, 0.1) is 4.90 Å². The Balaban J connectivity index is 1.60. The summed E-state index contributed by atoms with van der Waals surface area (Å²) in [7, 11) is -0.423. The zero-order chi connectivity index (χ0) is 19.4. The maximum Gasteiger partial charge on any atom is 0.259 e. The van der Waals surface area contributed by atoms with Crippen molar-refractivity contribution in [3.05, 3.63) is 48.0 Å². The van der Waals surface area contributed by atoms with Crippen LogP contribution in [0.2, 0.25) is 0 Å². The van der Waals surface area contributed by atoms with E-state index in [9.17, 15) is 13.2 Å². The zero-order valence-electron chi connectivity index (χ0n) is 15.0. The van der Waals surface area contributed by atoms with Crippen LogP contribution in [0.15, 0.2) is 47.4 Å². The molecule has 2 aromatic rings. The van der Waals surface area contributed by atoms with Crippen LogP contribution in [0.5, 0.6) is 17.2 Å². The number of carbonyl (C=O) groups excluding carboxylic acids is 1. The van der Waals surface area contributed by atoms with Gasteiger partial charge in [0.25, 0.3) is 5.91 Å². The number of hydrogen-bond donors (Lipinski definition) is 1. The largest absolute Gasteiger partial charge is 0.484 e. The van der Waals surface area contributed by atoms with Gasteiger partial charge < -0.3 is 19.1 Å². The Kier molecular flexibility index (Phi) is 5.52. The SMILES string of the molecule is CN(C)C(=O)COc1ccc(S(=O)(=O)NCc2ccc3c(c2)OCO3)cc1. The molecule has 1 amide bonds. The van der Waals surface area contributed by atoms with E-state index in [0.717, 1.165) is 5.56 Å². The number of nitrogens with zero attached hydrogens (tertiary/aromatic N) is 1. The molecule has 0 aliphatic carbocycles. The molecule has 0 saturated carbocycles. The lowest BCUT2D eigenvalue weighted by Gasteiger charge is -2.12. The summed E-state index contributed by atoms with van der Waals surface area (Å²) in [5.74, 6) is 1.47. The predicted molar refractivity (Wildman–Crippen MR) is 97.2 cm³/mol. The number of ether oxygens (including phenoxy) is 3. The van der Waals surface area contributed by atoms with Gasteiger partial charge in [-0.25, -0.2) is 13.1 Å². The van der Waals surface area contributed by atoms with Crippen LogP contribution in [-0.2, 0) is 21.4 Å². The summed E-state index contributed by atoms with van der Waals surface area (Å²) in [4.78, 5) is 13.0. The fourth-order valence-corrected chi connectivity index (χ4v) is 3.32. The Morgan fingerprint density at radius 3 is 2.52 bits per heavy atom. The summed E-state index contributed by atoms with van der Waals surface area (Å²) in [6.45, 7) is 0.176. The Morgan fingerprint density at radius 2 is 1.81 bits per heavy atom. The second kappa shape index (κ2) is 7.85. The van der Waals surface area contributed by atoms with Gasteiger partial charge in [0.15, 0.2) is 18.1 Å². The first kappa shape index (κ1) is 19.0. The molecule has 0 atom stereocenters. The summed E-state index contributed by atoms with van der Waals surface area (Å²) >= 11 is 0. The molecular formula is C18H20N2O6S. The Hall–Kier alpha value is -2.78. The van der Waals surface area contributed by atoms with Gasteiger partial charge in [-0.3, -0.25) is 4.79 Å². The number of fused-ring (bicyclic) bond motifs is 1. The fraction of sp³-hybridized carbons (Fsp3) is 0.278. The van der Waals surface area contributed by atoms with Gasteiger partial charge in [0.2, 0.25) is 16.8 Å². The molecule has 2 aromatic carbocycles. The van der Waals surface area contributed by atoms with Crippen LogP contribution in [0, 0.1) is 0 Å². The van der Waals surface area contributed by atoms with Gasteiger partial charge in [-0.2, -0.15) is 0 Å². The number of amides is 1. The monoisotopic (exact) mass is 392 g/mol. The van der Waals surface area contributed by atoms with Gasteiger partial charge in [0, 0.05) is 20.6 Å². The Bertz CT molecular complexity index is 925. The highest BCUT2D eigenvalue weighted by Gasteiger charge is 2.17. The van der Waals surface area contributed by atoms with Crippen molar-refractivity contribution in [1.29, 1.82) is 0 Å². The van der Waals surface area contributed by atoms with E-state index in [1.165, 1.54) is 29.2 Å². The van der Waals surface area contributed by atoms with Crippen molar-refractivity contribution in [2.24, 2.45) is 0 Å². The molecule has 144 valence electrons. The van der Waals surface area contributed by atoms with Crippen LogP contribution in [0.3, 0.4) is 0 Å². The highest BCUT2D eigenvalue weighted by molar-refractivity contribution is 7.89. The van der Waals surface area contributed by atoms with Crippen LogP contribution in [0.4, 0.5) is 0 Å². The number of carbonyl (C=O) groups is 1. The van der Waals surface area contributed by atoms with Crippen molar-refractivity contribution in [2.75, 3.05) is 27.5 Å². The Labute approximate surface area is 157 Å². The highest BCUT2D eigenvalue weighted by Crippen LogP contribution is 2.32. The fourth-order valence-electron chi connectivity index (χ4n) is 2.30. The van der Waals surface area contributed by atoms with Gasteiger partial charge in [-0.1, -0.05) is 6.07 Å². The standard InChI is InChI=1S/C18H20N2O6S/c1-20(2)18(21)11-24-14-4-6-15(7-5-14)27(22,23)19-10-13-3-8-16-17(9-13)26-12-25-16/h3-9,19H,10-12H2,1-2H3. The molecule has 1 aliphatic heterocycles. The normalized spacial score (nSPS) is 12.7. The van der Waals surface area contributed by atoms with Gasteiger partial charge >= 0.3 is 0 Å². The predicted octanol–water partition coefficient (Wildman–Crippen LogP) is 1.36. The second-order valence-electron chi connectivity index (χ2n) is 6.06. The number of hydrogen-bond acceptors (Lipinski definition) is 6. The molecule has 0 aromatic heterocycles. The maximum absolute atomic E-state index is 12.4.